The minimum absolute atomic E-state index is 0.587. The molecule has 4 aliphatic carbocycles. The van der Waals surface area contributed by atoms with E-state index in [1.165, 1.54) is 32.1 Å². The molecule has 2 nitrogen and oxygen atoms in total. The van der Waals surface area contributed by atoms with Gasteiger partial charge in [-0.2, -0.15) is 0 Å². The van der Waals surface area contributed by atoms with Crippen molar-refractivity contribution in [2.45, 2.75) is 38.5 Å². The summed E-state index contributed by atoms with van der Waals surface area (Å²) in [5.74, 6) is 4.91. The van der Waals surface area contributed by atoms with Gasteiger partial charge in [0, 0.05) is 5.69 Å². The van der Waals surface area contributed by atoms with Crippen molar-refractivity contribution < 1.29 is 0 Å². The molecule has 0 unspecified atom stereocenters. The van der Waals surface area contributed by atoms with E-state index in [0.29, 0.717) is 5.15 Å². The molecule has 0 radical (unpaired) electrons. The summed E-state index contributed by atoms with van der Waals surface area (Å²) in [6.45, 7) is 0. The maximum Gasteiger partial charge on any atom is 0.132 e. The van der Waals surface area contributed by atoms with Crippen molar-refractivity contribution in [3.8, 4) is 0 Å². The van der Waals surface area contributed by atoms with E-state index in [9.17, 15) is 0 Å². The zero-order valence-electron chi connectivity index (χ0n) is 10.6. The Bertz CT molecular complexity index is 432. The molecule has 0 aromatic carbocycles. The molecule has 5 rings (SSSR count). The fourth-order valence-electron chi connectivity index (χ4n) is 5.09. The summed E-state index contributed by atoms with van der Waals surface area (Å²) in [4.78, 5) is 8.37. The van der Waals surface area contributed by atoms with E-state index < -0.39 is 0 Å². The molecule has 1 heterocycles. The summed E-state index contributed by atoms with van der Waals surface area (Å²) < 4.78 is 0. The standard InChI is InChI=1S/C15H19ClN2/c16-15-7-13(17-8-18-15)6-14-11-2-9-1-10(4-11)5-12(14)3-9/h7-12,14H,1-6H2. The van der Waals surface area contributed by atoms with Crippen LogP contribution >= 0.6 is 11.6 Å². The topological polar surface area (TPSA) is 25.8 Å². The first-order chi connectivity index (χ1) is 8.78. The van der Waals surface area contributed by atoms with Gasteiger partial charge in [0.1, 0.15) is 11.5 Å². The molecule has 3 heteroatoms. The summed E-state index contributed by atoms with van der Waals surface area (Å²) in [5.41, 5.74) is 1.15. The Kier molecular flexibility index (Phi) is 2.61. The molecule has 1 aromatic heterocycles. The molecule has 4 aliphatic rings. The average Bonchev–Trinajstić information content (AvgIpc) is 2.33. The van der Waals surface area contributed by atoms with E-state index >= 15 is 0 Å². The summed E-state index contributed by atoms with van der Waals surface area (Å²) in [6, 6.07) is 1.95. The molecule has 4 fully saturated rings. The van der Waals surface area contributed by atoms with Crippen molar-refractivity contribution in [1.29, 1.82) is 0 Å². The summed E-state index contributed by atoms with van der Waals surface area (Å²) in [7, 11) is 0. The summed E-state index contributed by atoms with van der Waals surface area (Å²) >= 11 is 5.96. The van der Waals surface area contributed by atoms with Crippen LogP contribution in [0.2, 0.25) is 5.15 Å². The number of halogens is 1. The first kappa shape index (κ1) is 11.2. The fraction of sp³-hybridized carbons (Fsp3) is 0.733. The molecule has 4 saturated carbocycles. The van der Waals surface area contributed by atoms with Gasteiger partial charge >= 0.3 is 0 Å². The van der Waals surface area contributed by atoms with Crippen LogP contribution in [0.3, 0.4) is 0 Å². The quantitative estimate of drug-likeness (QED) is 0.759. The molecule has 0 spiro atoms. The van der Waals surface area contributed by atoms with Gasteiger partial charge < -0.3 is 0 Å². The molecule has 0 saturated heterocycles. The lowest BCUT2D eigenvalue weighted by atomic mass is 9.51. The first-order valence-corrected chi connectivity index (χ1v) is 7.62. The molecular weight excluding hydrogens is 244 g/mol. The van der Waals surface area contributed by atoms with Crippen molar-refractivity contribution in [3.63, 3.8) is 0 Å². The highest BCUT2D eigenvalue weighted by molar-refractivity contribution is 6.29. The monoisotopic (exact) mass is 262 g/mol. The number of hydrogen-bond donors (Lipinski definition) is 0. The van der Waals surface area contributed by atoms with Crippen molar-refractivity contribution in [2.24, 2.45) is 29.6 Å². The van der Waals surface area contributed by atoms with E-state index in [0.717, 1.165) is 41.7 Å². The Morgan fingerprint density at radius 3 is 2.28 bits per heavy atom. The normalized spacial score (nSPS) is 41.3. The number of aromatic nitrogens is 2. The third-order valence-electron chi connectivity index (χ3n) is 5.56. The Balaban J connectivity index is 1.55. The maximum atomic E-state index is 5.96. The smallest absolute Gasteiger partial charge is 0.132 e. The predicted molar refractivity (Wildman–Crippen MR) is 71.3 cm³/mol. The maximum absolute atomic E-state index is 5.96. The highest BCUT2D eigenvalue weighted by Crippen LogP contribution is 2.57. The SMILES string of the molecule is Clc1cc(CC2C3CC4CC(C3)CC2C4)ncn1. The molecule has 18 heavy (non-hydrogen) atoms. The van der Waals surface area contributed by atoms with Crippen molar-refractivity contribution in [1.82, 2.24) is 9.97 Å². The van der Waals surface area contributed by atoms with Crippen LogP contribution in [-0.4, -0.2) is 9.97 Å². The molecule has 4 bridgehead atoms. The lowest BCUT2D eigenvalue weighted by molar-refractivity contribution is -0.0363. The number of rotatable bonds is 2. The van der Waals surface area contributed by atoms with Crippen LogP contribution in [0, 0.1) is 29.6 Å². The third-order valence-corrected chi connectivity index (χ3v) is 5.76. The van der Waals surface area contributed by atoms with E-state index in [1.54, 1.807) is 6.33 Å². The zero-order valence-corrected chi connectivity index (χ0v) is 11.3. The van der Waals surface area contributed by atoms with Gasteiger partial charge in [-0.05, 0) is 74.2 Å². The second kappa shape index (κ2) is 4.19. The van der Waals surface area contributed by atoms with Gasteiger partial charge in [0.25, 0.3) is 0 Å². The van der Waals surface area contributed by atoms with Gasteiger partial charge in [0.05, 0.1) is 0 Å². The van der Waals surface area contributed by atoms with Crippen molar-refractivity contribution in [3.05, 3.63) is 23.2 Å². The second-order valence-corrected chi connectivity index (χ2v) is 7.02. The summed E-state index contributed by atoms with van der Waals surface area (Å²) in [6.07, 6.45) is 10.2. The highest BCUT2D eigenvalue weighted by Gasteiger charge is 2.47. The van der Waals surface area contributed by atoms with Gasteiger partial charge in [-0.3, -0.25) is 0 Å². The van der Waals surface area contributed by atoms with Crippen LogP contribution in [0.15, 0.2) is 12.4 Å². The Hall–Kier alpha value is -0.630. The molecular formula is C15H19ClN2. The Morgan fingerprint density at radius 1 is 1.00 bits per heavy atom. The second-order valence-electron chi connectivity index (χ2n) is 6.63. The lowest BCUT2D eigenvalue weighted by Gasteiger charge is -2.54. The van der Waals surface area contributed by atoms with Gasteiger partial charge in [0.15, 0.2) is 0 Å². The van der Waals surface area contributed by atoms with Gasteiger partial charge in [0.2, 0.25) is 0 Å². The van der Waals surface area contributed by atoms with Crippen LogP contribution in [0.25, 0.3) is 0 Å². The van der Waals surface area contributed by atoms with E-state index in [4.69, 9.17) is 11.6 Å². The van der Waals surface area contributed by atoms with Gasteiger partial charge in [-0.15, -0.1) is 0 Å². The van der Waals surface area contributed by atoms with Crippen LogP contribution in [-0.2, 0) is 6.42 Å². The van der Waals surface area contributed by atoms with Crippen molar-refractivity contribution >= 4 is 11.6 Å². The average molecular weight is 263 g/mol. The minimum Gasteiger partial charge on any atom is -0.241 e. The first-order valence-electron chi connectivity index (χ1n) is 7.24. The van der Waals surface area contributed by atoms with Crippen LogP contribution < -0.4 is 0 Å². The lowest BCUT2D eigenvalue weighted by Crippen LogP contribution is -2.45. The van der Waals surface area contributed by atoms with Crippen LogP contribution in [0.1, 0.15) is 37.8 Å². The van der Waals surface area contributed by atoms with Crippen LogP contribution in [0.5, 0.6) is 0 Å². The van der Waals surface area contributed by atoms with E-state index in [-0.39, 0.29) is 0 Å². The van der Waals surface area contributed by atoms with Gasteiger partial charge in [-0.25, -0.2) is 9.97 Å². The zero-order chi connectivity index (χ0) is 12.1. The van der Waals surface area contributed by atoms with E-state index in [2.05, 4.69) is 9.97 Å². The Labute approximate surface area is 113 Å². The fourth-order valence-corrected chi connectivity index (χ4v) is 5.26. The molecule has 0 aliphatic heterocycles. The largest absolute Gasteiger partial charge is 0.241 e. The molecule has 0 N–H and O–H groups in total. The number of hydrogen-bond acceptors (Lipinski definition) is 2. The van der Waals surface area contributed by atoms with Crippen molar-refractivity contribution in [2.75, 3.05) is 0 Å². The van der Waals surface area contributed by atoms with E-state index in [1.807, 2.05) is 6.07 Å². The number of nitrogens with zero attached hydrogens (tertiary/aromatic N) is 2. The molecule has 96 valence electrons. The third kappa shape index (κ3) is 1.85. The molecule has 1 aromatic rings. The van der Waals surface area contributed by atoms with Crippen LogP contribution in [0.4, 0.5) is 0 Å². The van der Waals surface area contributed by atoms with Gasteiger partial charge in [-0.1, -0.05) is 11.6 Å². The predicted octanol–water partition coefficient (Wildman–Crippen LogP) is 3.74. The Morgan fingerprint density at radius 2 is 1.67 bits per heavy atom. The highest BCUT2D eigenvalue weighted by atomic mass is 35.5. The minimum atomic E-state index is 0.587. The molecule has 0 amide bonds. The summed E-state index contributed by atoms with van der Waals surface area (Å²) in [5, 5.41) is 0.587. The molecule has 0 atom stereocenters.